The average Bonchev–Trinajstić information content (AvgIpc) is 2.39. The van der Waals surface area contributed by atoms with E-state index in [1.807, 2.05) is 0 Å². The Morgan fingerprint density at radius 2 is 1.84 bits per heavy atom. The highest BCUT2D eigenvalue weighted by Crippen LogP contribution is 2.41. The summed E-state index contributed by atoms with van der Waals surface area (Å²) in [7, 11) is 2.28. The van der Waals surface area contributed by atoms with Crippen molar-refractivity contribution >= 4 is 0 Å². The topological polar surface area (TPSA) is 29.3 Å². The summed E-state index contributed by atoms with van der Waals surface area (Å²) < 4.78 is 0. The van der Waals surface area contributed by atoms with E-state index >= 15 is 0 Å². The lowest BCUT2D eigenvalue weighted by molar-refractivity contribution is 0.0722. The molecule has 0 aromatic carbocycles. The Morgan fingerprint density at radius 1 is 1.16 bits per heavy atom. The molecule has 2 heteroatoms. The van der Waals surface area contributed by atoms with E-state index in [9.17, 15) is 0 Å². The minimum Gasteiger partial charge on any atom is -0.326 e. The summed E-state index contributed by atoms with van der Waals surface area (Å²) in [5.74, 6) is 0.843. The molecule has 1 saturated carbocycles. The standard InChI is InChI=1S/C17H36N2/c1-6-8-9-12-19(5)16-13-14(10-11-15(16)18)17(3,4)7-2/h14-16H,6-13,18H2,1-5H3. The molecule has 0 aromatic heterocycles. The van der Waals surface area contributed by atoms with Crippen molar-refractivity contribution in [2.75, 3.05) is 13.6 Å². The van der Waals surface area contributed by atoms with Crippen molar-refractivity contribution in [2.24, 2.45) is 17.1 Å². The van der Waals surface area contributed by atoms with E-state index in [0.29, 0.717) is 17.5 Å². The third-order valence-electron chi connectivity index (χ3n) is 5.57. The predicted octanol–water partition coefficient (Wildman–Crippen LogP) is 4.04. The van der Waals surface area contributed by atoms with Crippen LogP contribution in [0.25, 0.3) is 0 Å². The van der Waals surface area contributed by atoms with E-state index in [4.69, 9.17) is 5.73 Å². The number of rotatable bonds is 7. The van der Waals surface area contributed by atoms with E-state index in [0.717, 1.165) is 5.92 Å². The summed E-state index contributed by atoms with van der Waals surface area (Å²) in [5, 5.41) is 0. The van der Waals surface area contributed by atoms with Crippen molar-refractivity contribution in [3.8, 4) is 0 Å². The second-order valence-electron chi connectivity index (χ2n) is 7.27. The molecule has 3 atom stereocenters. The fourth-order valence-electron chi connectivity index (χ4n) is 3.45. The summed E-state index contributed by atoms with van der Waals surface area (Å²) in [5.41, 5.74) is 6.86. The maximum atomic E-state index is 6.39. The molecule has 0 aromatic rings. The molecule has 0 saturated heterocycles. The number of unbranched alkanes of at least 4 members (excludes halogenated alkanes) is 2. The van der Waals surface area contributed by atoms with Gasteiger partial charge in [0.1, 0.15) is 0 Å². The Bertz CT molecular complexity index is 250. The van der Waals surface area contributed by atoms with Crippen molar-refractivity contribution in [1.29, 1.82) is 0 Å². The summed E-state index contributed by atoms with van der Waals surface area (Å²) in [4.78, 5) is 2.54. The first-order valence-electron chi connectivity index (χ1n) is 8.38. The van der Waals surface area contributed by atoms with Crippen LogP contribution in [0.5, 0.6) is 0 Å². The Hall–Kier alpha value is -0.0800. The average molecular weight is 268 g/mol. The van der Waals surface area contributed by atoms with Gasteiger partial charge in [-0.25, -0.2) is 0 Å². The quantitative estimate of drug-likeness (QED) is 0.706. The Balaban J connectivity index is 2.55. The van der Waals surface area contributed by atoms with Crippen LogP contribution >= 0.6 is 0 Å². The molecule has 0 bridgehead atoms. The van der Waals surface area contributed by atoms with Crippen molar-refractivity contribution in [1.82, 2.24) is 4.90 Å². The highest BCUT2D eigenvalue weighted by molar-refractivity contribution is 4.92. The monoisotopic (exact) mass is 268 g/mol. The number of nitrogens with zero attached hydrogens (tertiary/aromatic N) is 1. The minimum atomic E-state index is 0.385. The molecule has 2 N–H and O–H groups in total. The fraction of sp³-hybridized carbons (Fsp3) is 1.00. The van der Waals surface area contributed by atoms with Crippen LogP contribution < -0.4 is 5.73 Å². The van der Waals surface area contributed by atoms with Crippen molar-refractivity contribution in [2.45, 2.75) is 84.7 Å². The normalized spacial score (nSPS) is 28.9. The molecule has 0 spiro atoms. The van der Waals surface area contributed by atoms with E-state index in [1.54, 1.807) is 0 Å². The summed E-state index contributed by atoms with van der Waals surface area (Å²) >= 11 is 0. The van der Waals surface area contributed by atoms with Gasteiger partial charge in [-0.1, -0.05) is 47.0 Å². The van der Waals surface area contributed by atoms with Gasteiger partial charge >= 0.3 is 0 Å². The first-order chi connectivity index (χ1) is 8.92. The molecule has 1 aliphatic rings. The van der Waals surface area contributed by atoms with Crippen molar-refractivity contribution < 1.29 is 0 Å². The van der Waals surface area contributed by atoms with Crippen LogP contribution in [0.2, 0.25) is 0 Å². The second kappa shape index (κ2) is 7.64. The van der Waals surface area contributed by atoms with Gasteiger partial charge in [0.2, 0.25) is 0 Å². The Morgan fingerprint density at radius 3 is 2.42 bits per heavy atom. The molecule has 1 rings (SSSR count). The van der Waals surface area contributed by atoms with Crippen LogP contribution in [0.15, 0.2) is 0 Å². The minimum absolute atomic E-state index is 0.385. The van der Waals surface area contributed by atoms with Crippen LogP contribution in [-0.4, -0.2) is 30.6 Å². The number of nitrogens with two attached hydrogens (primary N) is 1. The predicted molar refractivity (Wildman–Crippen MR) is 85.3 cm³/mol. The molecule has 3 unspecified atom stereocenters. The lowest BCUT2D eigenvalue weighted by Crippen LogP contribution is -2.51. The summed E-state index contributed by atoms with van der Waals surface area (Å²) in [6, 6.07) is 0.983. The first kappa shape index (κ1) is 17.0. The van der Waals surface area contributed by atoms with E-state index < -0.39 is 0 Å². The van der Waals surface area contributed by atoms with Crippen LogP contribution in [0.4, 0.5) is 0 Å². The van der Waals surface area contributed by atoms with E-state index in [1.165, 1.54) is 51.5 Å². The molecule has 19 heavy (non-hydrogen) atoms. The number of hydrogen-bond acceptors (Lipinski definition) is 2. The molecule has 0 radical (unpaired) electrons. The van der Waals surface area contributed by atoms with Crippen molar-refractivity contribution in [3.05, 3.63) is 0 Å². The zero-order valence-electron chi connectivity index (χ0n) is 13.9. The number of hydrogen-bond donors (Lipinski definition) is 1. The maximum Gasteiger partial charge on any atom is 0.0246 e. The van der Waals surface area contributed by atoms with Gasteiger partial charge in [0.15, 0.2) is 0 Å². The summed E-state index contributed by atoms with van der Waals surface area (Å²) in [6.07, 6.45) is 9.06. The van der Waals surface area contributed by atoms with Gasteiger partial charge in [-0.05, 0) is 50.6 Å². The van der Waals surface area contributed by atoms with E-state index in [2.05, 4.69) is 39.6 Å². The highest BCUT2D eigenvalue weighted by atomic mass is 15.1. The van der Waals surface area contributed by atoms with Crippen LogP contribution in [0.1, 0.15) is 72.6 Å². The molecule has 0 heterocycles. The SMILES string of the molecule is CCCCCN(C)C1CC(C(C)(C)CC)CCC1N. The molecule has 0 amide bonds. The highest BCUT2D eigenvalue weighted by Gasteiger charge is 2.37. The Labute approximate surface area is 121 Å². The molecule has 0 aliphatic heterocycles. The van der Waals surface area contributed by atoms with Crippen LogP contribution in [-0.2, 0) is 0 Å². The molecular weight excluding hydrogens is 232 g/mol. The molecule has 114 valence electrons. The zero-order chi connectivity index (χ0) is 14.5. The Kier molecular flexibility index (Phi) is 6.82. The van der Waals surface area contributed by atoms with Gasteiger partial charge in [0.05, 0.1) is 0 Å². The molecule has 1 fully saturated rings. The van der Waals surface area contributed by atoms with Gasteiger partial charge in [0.25, 0.3) is 0 Å². The third-order valence-corrected chi connectivity index (χ3v) is 5.57. The van der Waals surface area contributed by atoms with Gasteiger partial charge in [-0.3, -0.25) is 0 Å². The maximum absolute atomic E-state index is 6.39. The second-order valence-corrected chi connectivity index (χ2v) is 7.27. The smallest absolute Gasteiger partial charge is 0.0246 e. The van der Waals surface area contributed by atoms with Gasteiger partial charge in [0, 0.05) is 12.1 Å². The van der Waals surface area contributed by atoms with Crippen LogP contribution in [0, 0.1) is 11.3 Å². The van der Waals surface area contributed by atoms with Crippen molar-refractivity contribution in [3.63, 3.8) is 0 Å². The summed E-state index contributed by atoms with van der Waals surface area (Å²) in [6.45, 7) is 10.7. The number of likely N-dealkylation sites (N-methyl/N-ethyl adjacent to an activating group) is 1. The van der Waals surface area contributed by atoms with E-state index in [-0.39, 0.29) is 0 Å². The zero-order valence-corrected chi connectivity index (χ0v) is 13.9. The molecule has 1 aliphatic carbocycles. The largest absolute Gasteiger partial charge is 0.326 e. The first-order valence-corrected chi connectivity index (χ1v) is 8.38. The molecule has 2 nitrogen and oxygen atoms in total. The van der Waals surface area contributed by atoms with Crippen LogP contribution in [0.3, 0.4) is 0 Å². The van der Waals surface area contributed by atoms with Gasteiger partial charge in [-0.15, -0.1) is 0 Å². The molecular formula is C17H36N2. The fourth-order valence-corrected chi connectivity index (χ4v) is 3.45. The van der Waals surface area contributed by atoms with Gasteiger partial charge < -0.3 is 10.6 Å². The third kappa shape index (κ3) is 4.75. The lowest BCUT2D eigenvalue weighted by atomic mass is 9.67. The van der Waals surface area contributed by atoms with Gasteiger partial charge in [-0.2, -0.15) is 0 Å². The lowest BCUT2D eigenvalue weighted by Gasteiger charge is -2.45.